The van der Waals surface area contributed by atoms with Crippen LogP contribution < -0.4 is 0 Å². The number of aromatic amines is 1. The summed E-state index contributed by atoms with van der Waals surface area (Å²) in [5, 5.41) is 17.9. The average Bonchev–Trinajstić information content (AvgIpc) is 3.07. The van der Waals surface area contributed by atoms with Crippen molar-refractivity contribution in [3.63, 3.8) is 0 Å². The molecule has 0 radical (unpaired) electrons. The lowest BCUT2D eigenvalue weighted by Crippen LogP contribution is -1.80. The van der Waals surface area contributed by atoms with Crippen LogP contribution in [0.1, 0.15) is 0 Å². The topological polar surface area (TPSA) is 72.3 Å². The van der Waals surface area contributed by atoms with E-state index in [9.17, 15) is 0 Å². The molecular weight excluding hydrogens is 260 g/mol. The van der Waals surface area contributed by atoms with E-state index in [-0.39, 0.29) is 0 Å². The molecule has 7 heteroatoms. The normalized spacial score (nSPS) is 10.4. The Morgan fingerprint density at radius 3 is 2.05 bits per heavy atom. The summed E-state index contributed by atoms with van der Waals surface area (Å²) in [6.07, 6.45) is 0. The van der Waals surface area contributed by atoms with Gasteiger partial charge in [-0.25, -0.2) is 0 Å². The predicted molar refractivity (Wildman–Crippen MR) is 75.8 cm³/mol. The first kappa shape index (κ1) is 11.7. The first-order chi connectivity index (χ1) is 9.34. The number of fused-ring (bicyclic) bond motifs is 2. The van der Waals surface area contributed by atoms with E-state index in [1.807, 2.05) is 48.5 Å². The van der Waals surface area contributed by atoms with Crippen molar-refractivity contribution in [2.24, 2.45) is 0 Å². The second kappa shape index (κ2) is 5.07. The lowest BCUT2D eigenvalue weighted by Gasteiger charge is -1.85. The van der Waals surface area contributed by atoms with Gasteiger partial charge in [0.25, 0.3) is 0 Å². The lowest BCUT2D eigenvalue weighted by atomic mass is 10.3. The minimum absolute atomic E-state index is 0.873. The van der Waals surface area contributed by atoms with Crippen LogP contribution in [0.25, 0.3) is 22.1 Å². The number of hydrogen-bond acceptors (Lipinski definition) is 5. The standard InChI is InChI=1S/C6H5N3S.C6H5N3/c10-9-6-4-2-1-3-5(6)7-8-9;1-2-4-6-5(3-1)7-9-8-6/h1-4,10H;1-4H,(H,7,8,9). The van der Waals surface area contributed by atoms with E-state index >= 15 is 0 Å². The number of H-pyrrole nitrogens is 1. The molecule has 0 saturated heterocycles. The molecule has 0 bridgehead atoms. The SMILES string of the molecule is Sn1nnc2ccccc21.c1ccc2n[nH]nc2c1. The van der Waals surface area contributed by atoms with Crippen molar-refractivity contribution in [2.75, 3.05) is 0 Å². The Bertz CT molecular complexity index is 776. The Hall–Kier alpha value is -2.41. The number of hydrogen-bond donors (Lipinski definition) is 2. The highest BCUT2D eigenvalue weighted by Crippen LogP contribution is 2.09. The first-order valence-electron chi connectivity index (χ1n) is 5.60. The number of benzene rings is 2. The maximum atomic E-state index is 4.04. The van der Waals surface area contributed by atoms with Gasteiger partial charge in [-0.2, -0.15) is 19.5 Å². The first-order valence-corrected chi connectivity index (χ1v) is 6.00. The number of thiol groups is 1. The third-order valence-corrected chi connectivity index (χ3v) is 2.85. The van der Waals surface area contributed by atoms with Crippen molar-refractivity contribution in [2.45, 2.75) is 0 Å². The van der Waals surface area contributed by atoms with E-state index in [0.29, 0.717) is 0 Å². The largest absolute Gasteiger partial charge is 0.197 e. The molecule has 0 aliphatic carbocycles. The molecule has 0 atom stereocenters. The molecule has 94 valence electrons. The summed E-state index contributed by atoms with van der Waals surface area (Å²) in [5.41, 5.74) is 3.64. The van der Waals surface area contributed by atoms with Gasteiger partial charge < -0.3 is 0 Å². The Morgan fingerprint density at radius 2 is 1.42 bits per heavy atom. The predicted octanol–water partition coefficient (Wildman–Crippen LogP) is 2.08. The maximum absolute atomic E-state index is 4.04. The van der Waals surface area contributed by atoms with Gasteiger partial charge >= 0.3 is 0 Å². The zero-order valence-electron chi connectivity index (χ0n) is 9.80. The number of nitrogens with one attached hydrogen (secondary N) is 1. The van der Waals surface area contributed by atoms with E-state index in [2.05, 4.69) is 38.5 Å². The van der Waals surface area contributed by atoms with E-state index in [4.69, 9.17) is 0 Å². The van der Waals surface area contributed by atoms with Crippen molar-refractivity contribution in [1.82, 2.24) is 29.8 Å². The number of rotatable bonds is 0. The van der Waals surface area contributed by atoms with Crippen molar-refractivity contribution in [1.29, 1.82) is 0 Å². The van der Waals surface area contributed by atoms with Gasteiger partial charge in [-0.15, -0.1) is 5.10 Å². The van der Waals surface area contributed by atoms with Crippen LogP contribution >= 0.6 is 12.8 Å². The monoisotopic (exact) mass is 270 g/mol. The molecule has 4 aromatic rings. The second-order valence-electron chi connectivity index (χ2n) is 3.78. The molecule has 0 saturated carbocycles. The Balaban J connectivity index is 0.000000117. The van der Waals surface area contributed by atoms with Crippen molar-refractivity contribution in [3.05, 3.63) is 48.5 Å². The molecule has 0 unspecified atom stereocenters. The molecule has 2 aromatic heterocycles. The van der Waals surface area contributed by atoms with Crippen LogP contribution in [0.4, 0.5) is 0 Å². The molecule has 0 spiro atoms. The molecule has 4 rings (SSSR count). The quantitative estimate of drug-likeness (QED) is 0.480. The maximum Gasteiger partial charge on any atom is 0.114 e. The molecule has 6 nitrogen and oxygen atoms in total. The van der Waals surface area contributed by atoms with Crippen molar-refractivity contribution in [3.8, 4) is 0 Å². The second-order valence-corrected chi connectivity index (χ2v) is 4.16. The third-order valence-electron chi connectivity index (χ3n) is 2.56. The molecule has 0 amide bonds. The smallest absolute Gasteiger partial charge is 0.114 e. The molecule has 19 heavy (non-hydrogen) atoms. The summed E-state index contributed by atoms with van der Waals surface area (Å²) < 4.78 is 1.45. The van der Waals surface area contributed by atoms with Gasteiger partial charge in [0, 0.05) is 0 Å². The number of nitrogens with zero attached hydrogens (tertiary/aromatic N) is 5. The fourth-order valence-electron chi connectivity index (χ4n) is 1.64. The molecule has 1 N–H and O–H groups in total. The fraction of sp³-hybridized carbons (Fsp3) is 0. The van der Waals surface area contributed by atoms with E-state index in [1.165, 1.54) is 4.09 Å². The number of para-hydroxylation sites is 3. The van der Waals surface area contributed by atoms with Crippen LogP contribution in [0.2, 0.25) is 0 Å². The zero-order chi connectivity index (χ0) is 13.1. The van der Waals surface area contributed by atoms with Crippen LogP contribution in [-0.2, 0) is 0 Å². The van der Waals surface area contributed by atoms with Crippen LogP contribution in [0.3, 0.4) is 0 Å². The van der Waals surface area contributed by atoms with Crippen LogP contribution in [0.15, 0.2) is 48.5 Å². The van der Waals surface area contributed by atoms with Crippen LogP contribution in [-0.4, -0.2) is 29.8 Å². The minimum atomic E-state index is 0.873. The van der Waals surface area contributed by atoms with Crippen LogP contribution in [0.5, 0.6) is 0 Å². The van der Waals surface area contributed by atoms with Gasteiger partial charge in [0.15, 0.2) is 0 Å². The Kier molecular flexibility index (Phi) is 3.11. The number of aromatic nitrogens is 6. The fourth-order valence-corrected chi connectivity index (χ4v) is 1.85. The summed E-state index contributed by atoms with van der Waals surface area (Å²) in [5.74, 6) is 0. The van der Waals surface area contributed by atoms with Gasteiger partial charge in [0.05, 0.1) is 0 Å². The molecule has 0 aliphatic rings. The molecule has 2 heterocycles. The lowest BCUT2D eigenvalue weighted by molar-refractivity contribution is 0.916. The Labute approximate surface area is 114 Å². The zero-order valence-corrected chi connectivity index (χ0v) is 10.7. The molecule has 0 aliphatic heterocycles. The van der Waals surface area contributed by atoms with Crippen molar-refractivity contribution >= 4 is 34.9 Å². The summed E-state index contributed by atoms with van der Waals surface area (Å²) >= 11 is 4.04. The summed E-state index contributed by atoms with van der Waals surface area (Å²) in [6.45, 7) is 0. The molecule has 2 aromatic carbocycles. The van der Waals surface area contributed by atoms with E-state index in [0.717, 1.165) is 22.1 Å². The van der Waals surface area contributed by atoms with Gasteiger partial charge in [-0.3, -0.25) is 0 Å². The summed E-state index contributed by atoms with van der Waals surface area (Å²) in [6, 6.07) is 15.4. The third kappa shape index (κ3) is 2.41. The molecule has 0 fully saturated rings. The van der Waals surface area contributed by atoms with Gasteiger partial charge in [-0.1, -0.05) is 29.5 Å². The Morgan fingerprint density at radius 1 is 0.842 bits per heavy atom. The summed E-state index contributed by atoms with van der Waals surface area (Å²) in [4.78, 5) is 0. The summed E-state index contributed by atoms with van der Waals surface area (Å²) in [7, 11) is 0. The minimum Gasteiger partial charge on any atom is -0.197 e. The van der Waals surface area contributed by atoms with Gasteiger partial charge in [-0.05, 0) is 37.1 Å². The van der Waals surface area contributed by atoms with E-state index in [1.54, 1.807) is 0 Å². The van der Waals surface area contributed by atoms with Crippen LogP contribution in [0, 0.1) is 0 Å². The van der Waals surface area contributed by atoms with E-state index < -0.39 is 0 Å². The molecular formula is C12H10N6S. The highest BCUT2D eigenvalue weighted by atomic mass is 32.1. The van der Waals surface area contributed by atoms with Gasteiger partial charge in [0.1, 0.15) is 22.1 Å². The van der Waals surface area contributed by atoms with Crippen molar-refractivity contribution < 1.29 is 0 Å². The van der Waals surface area contributed by atoms with Gasteiger partial charge in [0.2, 0.25) is 0 Å². The highest BCUT2D eigenvalue weighted by Gasteiger charge is 1.96. The average molecular weight is 270 g/mol. The highest BCUT2D eigenvalue weighted by molar-refractivity contribution is 7.78.